The minimum Gasteiger partial charge on any atom is -0.446 e. The normalized spacial score (nSPS) is 10.7. The van der Waals surface area contributed by atoms with E-state index in [4.69, 9.17) is 4.42 Å². The highest BCUT2D eigenvalue weighted by Gasteiger charge is 2.15. The Morgan fingerprint density at radius 1 is 1.14 bits per heavy atom. The predicted molar refractivity (Wildman–Crippen MR) is 103 cm³/mol. The molecule has 6 nitrogen and oxygen atoms in total. The second-order valence-corrected chi connectivity index (χ2v) is 6.37. The number of rotatable bonds is 6. The zero-order valence-corrected chi connectivity index (χ0v) is 15.9. The lowest BCUT2D eigenvalue weighted by atomic mass is 10.1. The van der Waals surface area contributed by atoms with Crippen LogP contribution in [0.15, 0.2) is 47.1 Å². The van der Waals surface area contributed by atoms with Gasteiger partial charge in [0.15, 0.2) is 5.78 Å². The third-order valence-corrected chi connectivity index (χ3v) is 4.36. The molecule has 1 amide bonds. The van der Waals surface area contributed by atoms with E-state index in [0.717, 1.165) is 0 Å². The predicted octanol–water partition coefficient (Wildman–Crippen LogP) is 3.98. The molecule has 3 rings (SSSR count). The van der Waals surface area contributed by atoms with Crippen LogP contribution < -0.4 is 4.90 Å². The molecule has 0 radical (unpaired) electrons. The SMILES string of the molecule is CCC(=O)N(C)c1ccc(-c2ccc(C(=O)Cc3ncc(C)o3)cn2)c(F)c1. The molecule has 0 saturated heterocycles. The standard InChI is InChI=1S/C21H20FN3O3/c1-4-21(27)25(3)15-6-7-16(17(22)9-15)18-8-5-14(12-23-18)19(26)10-20-24-11-13(2)28-20/h5-9,11-12H,4,10H2,1-3H3. The first-order chi connectivity index (χ1) is 13.4. The Balaban J connectivity index is 1.77. The molecule has 0 fully saturated rings. The fourth-order valence-electron chi connectivity index (χ4n) is 2.74. The van der Waals surface area contributed by atoms with Crippen LogP contribution in [0.1, 0.15) is 35.4 Å². The Bertz CT molecular complexity index is 1010. The van der Waals surface area contributed by atoms with Crippen molar-refractivity contribution in [2.24, 2.45) is 0 Å². The quantitative estimate of drug-likeness (QED) is 0.604. The summed E-state index contributed by atoms with van der Waals surface area (Å²) in [7, 11) is 1.61. The number of nitrogens with zero attached hydrogens (tertiary/aromatic N) is 3. The summed E-state index contributed by atoms with van der Waals surface area (Å²) in [4.78, 5) is 33.7. The molecular formula is C21H20FN3O3. The number of carbonyl (C=O) groups is 2. The van der Waals surface area contributed by atoms with Crippen LogP contribution in [-0.2, 0) is 11.2 Å². The number of Topliss-reactive ketones (excluding diaryl/α,β-unsaturated/α-hetero) is 1. The number of oxazole rings is 1. The maximum Gasteiger partial charge on any atom is 0.226 e. The summed E-state index contributed by atoms with van der Waals surface area (Å²) >= 11 is 0. The van der Waals surface area contributed by atoms with Gasteiger partial charge >= 0.3 is 0 Å². The van der Waals surface area contributed by atoms with Crippen LogP contribution in [0.2, 0.25) is 0 Å². The van der Waals surface area contributed by atoms with Crippen LogP contribution in [-0.4, -0.2) is 28.7 Å². The number of benzene rings is 1. The number of pyridine rings is 1. The fraction of sp³-hybridized carbons (Fsp3) is 0.238. The lowest BCUT2D eigenvalue weighted by Crippen LogP contribution is -2.25. The highest BCUT2D eigenvalue weighted by molar-refractivity contribution is 5.97. The summed E-state index contributed by atoms with van der Waals surface area (Å²) in [5, 5.41) is 0. The van der Waals surface area contributed by atoms with Gasteiger partial charge in [-0.25, -0.2) is 9.37 Å². The zero-order valence-electron chi connectivity index (χ0n) is 15.9. The molecule has 1 aromatic carbocycles. The number of ketones is 1. The molecule has 0 spiro atoms. The molecule has 0 aliphatic heterocycles. The van der Waals surface area contributed by atoms with Gasteiger partial charge in [0, 0.05) is 36.5 Å². The largest absolute Gasteiger partial charge is 0.446 e. The highest BCUT2D eigenvalue weighted by Crippen LogP contribution is 2.26. The Hall–Kier alpha value is -3.35. The van der Waals surface area contributed by atoms with E-state index in [-0.39, 0.29) is 18.1 Å². The molecule has 3 aromatic rings. The van der Waals surface area contributed by atoms with E-state index in [2.05, 4.69) is 9.97 Å². The number of hydrogen-bond acceptors (Lipinski definition) is 5. The van der Waals surface area contributed by atoms with Crippen LogP contribution in [0.25, 0.3) is 11.3 Å². The monoisotopic (exact) mass is 381 g/mol. The summed E-state index contributed by atoms with van der Waals surface area (Å²) in [5.74, 6) is 0.210. The Labute approximate surface area is 162 Å². The minimum absolute atomic E-state index is 0.0374. The molecule has 0 aliphatic rings. The molecule has 2 aromatic heterocycles. The molecule has 0 unspecified atom stereocenters. The summed E-state index contributed by atoms with van der Waals surface area (Å²) in [6.45, 7) is 3.51. The second-order valence-electron chi connectivity index (χ2n) is 6.37. The first-order valence-electron chi connectivity index (χ1n) is 8.86. The summed E-state index contributed by atoms with van der Waals surface area (Å²) < 4.78 is 19.9. The van der Waals surface area contributed by atoms with Gasteiger partial charge in [-0.05, 0) is 37.3 Å². The number of hydrogen-bond donors (Lipinski definition) is 0. The van der Waals surface area contributed by atoms with Crippen LogP contribution >= 0.6 is 0 Å². The van der Waals surface area contributed by atoms with Gasteiger partial charge in [-0.2, -0.15) is 0 Å². The molecule has 7 heteroatoms. The van der Waals surface area contributed by atoms with Gasteiger partial charge in [-0.15, -0.1) is 0 Å². The average molecular weight is 381 g/mol. The van der Waals surface area contributed by atoms with E-state index in [1.165, 1.54) is 17.2 Å². The van der Waals surface area contributed by atoms with E-state index in [0.29, 0.717) is 40.6 Å². The summed E-state index contributed by atoms with van der Waals surface area (Å²) in [6.07, 6.45) is 3.34. The summed E-state index contributed by atoms with van der Waals surface area (Å²) in [5.41, 5.74) is 1.56. The van der Waals surface area contributed by atoms with Gasteiger partial charge in [-0.3, -0.25) is 14.6 Å². The van der Waals surface area contributed by atoms with E-state index in [9.17, 15) is 14.0 Å². The maximum atomic E-state index is 14.5. The number of halogens is 1. The fourth-order valence-corrected chi connectivity index (χ4v) is 2.74. The molecule has 0 N–H and O–H groups in total. The van der Waals surface area contributed by atoms with Gasteiger partial charge in [0.05, 0.1) is 18.3 Å². The van der Waals surface area contributed by atoms with Crippen LogP contribution in [0, 0.1) is 12.7 Å². The molecule has 0 bridgehead atoms. The third-order valence-electron chi connectivity index (χ3n) is 4.36. The molecule has 0 saturated carbocycles. The minimum atomic E-state index is -0.491. The van der Waals surface area contributed by atoms with Crippen molar-refractivity contribution in [2.45, 2.75) is 26.7 Å². The van der Waals surface area contributed by atoms with Crippen LogP contribution in [0.4, 0.5) is 10.1 Å². The van der Waals surface area contributed by atoms with Gasteiger partial charge < -0.3 is 9.32 Å². The first-order valence-corrected chi connectivity index (χ1v) is 8.86. The molecule has 0 aliphatic carbocycles. The average Bonchev–Trinajstić information content (AvgIpc) is 3.11. The van der Waals surface area contributed by atoms with E-state index in [1.807, 2.05) is 0 Å². The third kappa shape index (κ3) is 4.14. The van der Waals surface area contributed by atoms with Crippen molar-refractivity contribution in [3.8, 4) is 11.3 Å². The van der Waals surface area contributed by atoms with Crippen molar-refractivity contribution in [3.63, 3.8) is 0 Å². The van der Waals surface area contributed by atoms with Gasteiger partial charge in [0.1, 0.15) is 11.6 Å². The maximum absolute atomic E-state index is 14.5. The van der Waals surface area contributed by atoms with Crippen molar-refractivity contribution in [1.82, 2.24) is 9.97 Å². The van der Waals surface area contributed by atoms with Crippen molar-refractivity contribution < 1.29 is 18.4 Å². The lowest BCUT2D eigenvalue weighted by molar-refractivity contribution is -0.118. The van der Waals surface area contributed by atoms with Crippen molar-refractivity contribution >= 4 is 17.4 Å². The van der Waals surface area contributed by atoms with Crippen molar-refractivity contribution in [1.29, 1.82) is 0 Å². The van der Waals surface area contributed by atoms with Crippen LogP contribution in [0.3, 0.4) is 0 Å². The van der Waals surface area contributed by atoms with Crippen molar-refractivity contribution in [2.75, 3.05) is 11.9 Å². The van der Waals surface area contributed by atoms with Crippen LogP contribution in [0.5, 0.6) is 0 Å². The zero-order chi connectivity index (χ0) is 20.3. The number of anilines is 1. The topological polar surface area (TPSA) is 76.3 Å². The molecule has 28 heavy (non-hydrogen) atoms. The highest BCUT2D eigenvalue weighted by atomic mass is 19.1. The smallest absolute Gasteiger partial charge is 0.226 e. The Morgan fingerprint density at radius 2 is 1.93 bits per heavy atom. The van der Waals surface area contributed by atoms with Gasteiger partial charge in [-0.1, -0.05) is 6.92 Å². The van der Waals surface area contributed by atoms with E-state index >= 15 is 0 Å². The number of aryl methyl sites for hydroxylation is 1. The number of carbonyl (C=O) groups excluding carboxylic acids is 2. The number of aromatic nitrogens is 2. The van der Waals surface area contributed by atoms with Gasteiger partial charge in [0.2, 0.25) is 11.8 Å². The Kier molecular flexibility index (Phi) is 5.63. The van der Waals surface area contributed by atoms with E-state index < -0.39 is 5.82 Å². The number of amides is 1. The summed E-state index contributed by atoms with van der Waals surface area (Å²) in [6, 6.07) is 7.73. The molecule has 2 heterocycles. The molecule has 144 valence electrons. The van der Waals surface area contributed by atoms with Crippen molar-refractivity contribution in [3.05, 3.63) is 65.8 Å². The lowest BCUT2D eigenvalue weighted by Gasteiger charge is -2.17. The molecule has 0 atom stereocenters. The first kappa shape index (κ1) is 19.4. The molecular weight excluding hydrogens is 361 g/mol. The second kappa shape index (κ2) is 8.12. The van der Waals surface area contributed by atoms with E-state index in [1.54, 1.807) is 51.4 Å². The Morgan fingerprint density at radius 3 is 2.50 bits per heavy atom. The van der Waals surface area contributed by atoms with Gasteiger partial charge in [0.25, 0.3) is 0 Å².